The van der Waals surface area contributed by atoms with Gasteiger partial charge in [-0.15, -0.1) is 0 Å². The monoisotopic (exact) mass is 341 g/mol. The van der Waals surface area contributed by atoms with Gasteiger partial charge >= 0.3 is 5.97 Å². The molecule has 0 unspecified atom stereocenters. The molecule has 1 N–H and O–H groups in total. The largest absolute Gasteiger partial charge is 0.491 e. The SMILES string of the molecule is Cc1ccc(NC(=O)COC(=O)c2ccc(OC(C)C)cc2)c(C)c1. The molecule has 132 valence electrons. The molecule has 0 spiro atoms. The third kappa shape index (κ3) is 5.64. The van der Waals surface area contributed by atoms with Gasteiger partial charge in [-0.25, -0.2) is 4.79 Å². The molecule has 5 heteroatoms. The van der Waals surface area contributed by atoms with E-state index in [0.717, 1.165) is 11.1 Å². The minimum absolute atomic E-state index is 0.0618. The van der Waals surface area contributed by atoms with Crippen LogP contribution in [0.3, 0.4) is 0 Å². The maximum absolute atomic E-state index is 12.0. The van der Waals surface area contributed by atoms with Gasteiger partial charge in [0.25, 0.3) is 5.91 Å². The van der Waals surface area contributed by atoms with Crippen LogP contribution in [0.2, 0.25) is 0 Å². The number of rotatable bonds is 6. The number of esters is 1. The average molecular weight is 341 g/mol. The molecule has 0 bridgehead atoms. The van der Waals surface area contributed by atoms with Crippen molar-refractivity contribution in [1.82, 2.24) is 0 Å². The molecule has 0 saturated heterocycles. The molecule has 0 aliphatic rings. The number of aryl methyl sites for hydroxylation is 2. The normalized spacial score (nSPS) is 10.4. The summed E-state index contributed by atoms with van der Waals surface area (Å²) in [5, 5.41) is 2.74. The van der Waals surface area contributed by atoms with Gasteiger partial charge in [0.05, 0.1) is 11.7 Å². The van der Waals surface area contributed by atoms with E-state index in [4.69, 9.17) is 9.47 Å². The average Bonchev–Trinajstić information content (AvgIpc) is 2.55. The summed E-state index contributed by atoms with van der Waals surface area (Å²) in [7, 11) is 0. The molecule has 0 aromatic heterocycles. The number of amides is 1. The zero-order valence-corrected chi connectivity index (χ0v) is 15.0. The fraction of sp³-hybridized carbons (Fsp3) is 0.300. The third-order valence-electron chi connectivity index (χ3n) is 3.45. The summed E-state index contributed by atoms with van der Waals surface area (Å²) in [6, 6.07) is 12.3. The van der Waals surface area contributed by atoms with Crippen LogP contribution in [0.4, 0.5) is 5.69 Å². The maximum atomic E-state index is 12.0. The van der Waals surface area contributed by atoms with E-state index >= 15 is 0 Å². The van der Waals surface area contributed by atoms with Gasteiger partial charge in [-0.3, -0.25) is 4.79 Å². The Morgan fingerprint density at radius 2 is 1.72 bits per heavy atom. The molecule has 0 aliphatic carbocycles. The van der Waals surface area contributed by atoms with E-state index < -0.39 is 5.97 Å². The molecule has 0 aliphatic heterocycles. The van der Waals surface area contributed by atoms with Gasteiger partial charge in [0.1, 0.15) is 5.75 Å². The van der Waals surface area contributed by atoms with Gasteiger partial charge in [0, 0.05) is 5.69 Å². The Labute approximate surface area is 148 Å². The van der Waals surface area contributed by atoms with Crippen molar-refractivity contribution in [3.63, 3.8) is 0 Å². The van der Waals surface area contributed by atoms with Crippen LogP contribution in [-0.4, -0.2) is 24.6 Å². The zero-order valence-electron chi connectivity index (χ0n) is 15.0. The number of carbonyl (C=O) groups excluding carboxylic acids is 2. The minimum atomic E-state index is -0.549. The summed E-state index contributed by atoms with van der Waals surface area (Å²) < 4.78 is 10.6. The van der Waals surface area contributed by atoms with Crippen molar-refractivity contribution in [1.29, 1.82) is 0 Å². The topological polar surface area (TPSA) is 64.6 Å². The summed E-state index contributed by atoms with van der Waals surface area (Å²) >= 11 is 0. The molecule has 0 radical (unpaired) electrons. The highest BCUT2D eigenvalue weighted by molar-refractivity contribution is 5.95. The number of hydrogen-bond donors (Lipinski definition) is 1. The van der Waals surface area contributed by atoms with E-state index in [1.165, 1.54) is 0 Å². The molecule has 0 atom stereocenters. The van der Waals surface area contributed by atoms with Gasteiger partial charge in [0.2, 0.25) is 0 Å². The van der Waals surface area contributed by atoms with Crippen LogP contribution in [-0.2, 0) is 9.53 Å². The quantitative estimate of drug-likeness (QED) is 0.810. The number of hydrogen-bond acceptors (Lipinski definition) is 4. The molecule has 0 saturated carbocycles. The maximum Gasteiger partial charge on any atom is 0.338 e. The Balaban J connectivity index is 1.87. The molecular formula is C20H23NO4. The summed E-state index contributed by atoms with van der Waals surface area (Å²) in [4.78, 5) is 24.0. The van der Waals surface area contributed by atoms with Crippen LogP contribution >= 0.6 is 0 Å². The Bertz CT molecular complexity index is 751. The van der Waals surface area contributed by atoms with E-state index in [2.05, 4.69) is 5.32 Å². The van der Waals surface area contributed by atoms with E-state index in [-0.39, 0.29) is 18.6 Å². The van der Waals surface area contributed by atoms with Gasteiger partial charge < -0.3 is 14.8 Å². The Kier molecular flexibility index (Phi) is 6.17. The molecule has 0 heterocycles. The Hall–Kier alpha value is -2.82. The van der Waals surface area contributed by atoms with Crippen molar-refractivity contribution >= 4 is 17.6 Å². The first kappa shape index (κ1) is 18.5. The lowest BCUT2D eigenvalue weighted by atomic mass is 10.1. The molecule has 1 amide bonds. The van der Waals surface area contributed by atoms with E-state index in [1.54, 1.807) is 24.3 Å². The smallest absolute Gasteiger partial charge is 0.338 e. The summed E-state index contributed by atoms with van der Waals surface area (Å²) in [5.74, 6) is -0.244. The predicted molar refractivity (Wildman–Crippen MR) is 97.0 cm³/mol. The second-order valence-corrected chi connectivity index (χ2v) is 6.13. The fourth-order valence-corrected chi connectivity index (χ4v) is 2.30. The van der Waals surface area contributed by atoms with E-state index in [0.29, 0.717) is 17.0 Å². The van der Waals surface area contributed by atoms with E-state index in [1.807, 2.05) is 45.9 Å². The molecule has 25 heavy (non-hydrogen) atoms. The van der Waals surface area contributed by atoms with Gasteiger partial charge in [-0.2, -0.15) is 0 Å². The number of anilines is 1. The third-order valence-corrected chi connectivity index (χ3v) is 3.45. The van der Waals surface area contributed by atoms with Crippen molar-refractivity contribution in [2.24, 2.45) is 0 Å². The van der Waals surface area contributed by atoms with Crippen LogP contribution < -0.4 is 10.1 Å². The molecule has 5 nitrogen and oxygen atoms in total. The van der Waals surface area contributed by atoms with Crippen LogP contribution in [0.1, 0.15) is 35.3 Å². The Morgan fingerprint density at radius 1 is 1.04 bits per heavy atom. The highest BCUT2D eigenvalue weighted by Crippen LogP contribution is 2.16. The zero-order chi connectivity index (χ0) is 18.4. The lowest BCUT2D eigenvalue weighted by Gasteiger charge is -2.11. The van der Waals surface area contributed by atoms with E-state index in [9.17, 15) is 9.59 Å². The number of benzene rings is 2. The van der Waals surface area contributed by atoms with Crippen LogP contribution in [0.5, 0.6) is 5.75 Å². The first-order valence-corrected chi connectivity index (χ1v) is 8.16. The first-order chi connectivity index (χ1) is 11.8. The number of carbonyl (C=O) groups is 2. The summed E-state index contributed by atoms with van der Waals surface area (Å²) in [6.45, 7) is 7.41. The van der Waals surface area contributed by atoms with Crippen molar-refractivity contribution in [3.05, 3.63) is 59.2 Å². The van der Waals surface area contributed by atoms with Crippen molar-refractivity contribution < 1.29 is 19.1 Å². The molecule has 2 aromatic carbocycles. The molecule has 2 aromatic rings. The first-order valence-electron chi connectivity index (χ1n) is 8.16. The second kappa shape index (κ2) is 8.33. The van der Waals surface area contributed by atoms with Crippen molar-refractivity contribution in [3.8, 4) is 5.75 Å². The predicted octanol–water partition coefficient (Wildman–Crippen LogP) is 3.89. The van der Waals surface area contributed by atoms with Crippen LogP contribution in [0, 0.1) is 13.8 Å². The Morgan fingerprint density at radius 3 is 2.32 bits per heavy atom. The molecule has 0 fully saturated rings. The van der Waals surface area contributed by atoms with Gasteiger partial charge in [-0.05, 0) is 63.6 Å². The standard InChI is InChI=1S/C20H23NO4/c1-13(2)25-17-8-6-16(7-9-17)20(23)24-12-19(22)21-18-10-5-14(3)11-15(18)4/h5-11,13H,12H2,1-4H3,(H,21,22). The van der Waals surface area contributed by atoms with Crippen LogP contribution in [0.15, 0.2) is 42.5 Å². The fourth-order valence-electron chi connectivity index (χ4n) is 2.30. The van der Waals surface area contributed by atoms with Gasteiger partial charge in [-0.1, -0.05) is 17.7 Å². The highest BCUT2D eigenvalue weighted by atomic mass is 16.5. The highest BCUT2D eigenvalue weighted by Gasteiger charge is 2.11. The summed E-state index contributed by atoms with van der Waals surface area (Å²) in [5.41, 5.74) is 3.16. The van der Waals surface area contributed by atoms with Crippen molar-refractivity contribution in [2.45, 2.75) is 33.8 Å². The number of ether oxygens (including phenoxy) is 2. The molecular weight excluding hydrogens is 318 g/mol. The van der Waals surface area contributed by atoms with Gasteiger partial charge in [0.15, 0.2) is 6.61 Å². The number of nitrogens with one attached hydrogen (secondary N) is 1. The second-order valence-electron chi connectivity index (χ2n) is 6.13. The summed E-state index contributed by atoms with van der Waals surface area (Å²) in [6.07, 6.45) is 0.0618. The molecule has 2 rings (SSSR count). The minimum Gasteiger partial charge on any atom is -0.491 e. The van der Waals surface area contributed by atoms with Crippen LogP contribution in [0.25, 0.3) is 0 Å². The lowest BCUT2D eigenvalue weighted by Crippen LogP contribution is -2.21. The lowest BCUT2D eigenvalue weighted by molar-refractivity contribution is -0.119. The van der Waals surface area contributed by atoms with Crippen molar-refractivity contribution in [2.75, 3.05) is 11.9 Å².